The lowest BCUT2D eigenvalue weighted by Gasteiger charge is -2.29. The average Bonchev–Trinajstić information content (AvgIpc) is 2.52. The lowest BCUT2D eigenvalue weighted by molar-refractivity contribution is -0.312. The van der Waals surface area contributed by atoms with E-state index >= 15 is 0 Å². The Morgan fingerprint density at radius 2 is 1.86 bits per heavy atom. The zero-order valence-corrected chi connectivity index (χ0v) is 12.1. The van der Waals surface area contributed by atoms with E-state index in [4.69, 9.17) is 0 Å². The van der Waals surface area contributed by atoms with Crippen LogP contribution in [0.2, 0.25) is 0 Å². The van der Waals surface area contributed by atoms with Crippen LogP contribution in [0.4, 0.5) is 0 Å². The minimum absolute atomic E-state index is 0.149. The molecule has 1 fully saturated rings. The molecule has 1 heterocycles. The van der Waals surface area contributed by atoms with Gasteiger partial charge in [-0.1, -0.05) is 12.1 Å². The molecule has 6 heteroatoms. The van der Waals surface area contributed by atoms with Crippen molar-refractivity contribution in [2.45, 2.75) is 32.2 Å². The number of fused-ring (bicyclic) bond motifs is 1. The Kier molecular flexibility index (Phi) is 3.83. The molecule has 0 radical (unpaired) electrons. The van der Waals surface area contributed by atoms with E-state index in [9.17, 15) is 19.5 Å². The van der Waals surface area contributed by atoms with Crippen LogP contribution in [0.1, 0.15) is 25.7 Å². The van der Waals surface area contributed by atoms with E-state index in [0.29, 0.717) is 43.1 Å². The number of carboxylic acids is 1. The number of aromatic amines is 1. The number of aromatic nitrogens is 2. The molecule has 6 nitrogen and oxygen atoms in total. The molecule has 0 amide bonds. The first kappa shape index (κ1) is 14.6. The van der Waals surface area contributed by atoms with E-state index < -0.39 is 17.6 Å². The van der Waals surface area contributed by atoms with Gasteiger partial charge in [-0.3, -0.25) is 9.36 Å². The summed E-state index contributed by atoms with van der Waals surface area (Å²) in [5.74, 6) is -1.25. The Bertz CT molecular complexity index is 813. The Morgan fingerprint density at radius 1 is 1.18 bits per heavy atom. The molecule has 2 aromatic rings. The van der Waals surface area contributed by atoms with Gasteiger partial charge in [0, 0.05) is 12.5 Å². The van der Waals surface area contributed by atoms with Gasteiger partial charge in [-0.25, -0.2) is 4.79 Å². The van der Waals surface area contributed by atoms with Crippen molar-refractivity contribution in [2.75, 3.05) is 0 Å². The van der Waals surface area contributed by atoms with Crippen molar-refractivity contribution in [3.05, 3.63) is 45.1 Å². The number of H-pyrrole nitrogens is 1. The highest BCUT2D eigenvalue weighted by molar-refractivity contribution is 5.76. The van der Waals surface area contributed by atoms with Gasteiger partial charge in [0.15, 0.2) is 0 Å². The van der Waals surface area contributed by atoms with Crippen LogP contribution in [0.15, 0.2) is 33.9 Å². The fourth-order valence-corrected chi connectivity index (χ4v) is 3.20. The van der Waals surface area contributed by atoms with Gasteiger partial charge < -0.3 is 14.9 Å². The van der Waals surface area contributed by atoms with Gasteiger partial charge in [0.05, 0.1) is 10.9 Å². The van der Waals surface area contributed by atoms with Gasteiger partial charge in [-0.15, -0.1) is 0 Å². The number of hydrogen-bond acceptors (Lipinski definition) is 4. The molecule has 116 valence electrons. The summed E-state index contributed by atoms with van der Waals surface area (Å²) in [7, 11) is 0. The lowest BCUT2D eigenvalue weighted by atomic mass is 9.82. The Labute approximate surface area is 126 Å². The topological polar surface area (TPSA) is 95.0 Å². The number of aliphatic carboxylic acids is 1. The quantitative estimate of drug-likeness (QED) is 0.879. The number of para-hydroxylation sites is 1. The van der Waals surface area contributed by atoms with Crippen LogP contribution >= 0.6 is 0 Å². The van der Waals surface area contributed by atoms with E-state index in [2.05, 4.69) is 4.98 Å². The molecule has 1 aliphatic rings. The van der Waals surface area contributed by atoms with Crippen LogP contribution in [0, 0.1) is 11.8 Å². The maximum Gasteiger partial charge on any atom is 0.328 e. The number of carbonyl (C=O) groups excluding carboxylic acids is 1. The van der Waals surface area contributed by atoms with Gasteiger partial charge in [0.1, 0.15) is 0 Å². The molecule has 1 N–H and O–H groups in total. The van der Waals surface area contributed by atoms with Crippen LogP contribution < -0.4 is 16.4 Å². The van der Waals surface area contributed by atoms with E-state index in [-0.39, 0.29) is 11.5 Å². The predicted octanol–water partition coefficient (Wildman–Crippen LogP) is 0.246. The second kappa shape index (κ2) is 5.79. The van der Waals surface area contributed by atoms with Gasteiger partial charge >= 0.3 is 5.69 Å². The van der Waals surface area contributed by atoms with Crippen molar-refractivity contribution in [3.63, 3.8) is 0 Å². The summed E-state index contributed by atoms with van der Waals surface area (Å²) in [6.07, 6.45) is 2.48. The molecular formula is C16H17N2O4-. The Balaban J connectivity index is 1.85. The lowest BCUT2D eigenvalue weighted by Crippen LogP contribution is -2.39. The molecule has 1 aromatic heterocycles. The third-order valence-electron chi connectivity index (χ3n) is 4.51. The molecule has 1 aromatic carbocycles. The fourth-order valence-electron chi connectivity index (χ4n) is 3.20. The van der Waals surface area contributed by atoms with Crippen molar-refractivity contribution >= 4 is 16.9 Å². The first-order valence-electron chi connectivity index (χ1n) is 7.49. The van der Waals surface area contributed by atoms with Crippen molar-refractivity contribution in [2.24, 2.45) is 11.8 Å². The van der Waals surface area contributed by atoms with Gasteiger partial charge in [0.25, 0.3) is 5.56 Å². The zero-order chi connectivity index (χ0) is 15.7. The number of hydrogen-bond donors (Lipinski definition) is 1. The molecule has 3 rings (SSSR count). The highest BCUT2D eigenvalue weighted by Crippen LogP contribution is 2.29. The molecule has 0 aliphatic heterocycles. The molecule has 0 bridgehead atoms. The van der Waals surface area contributed by atoms with Gasteiger partial charge in [0.2, 0.25) is 0 Å². The minimum atomic E-state index is -1.00. The monoisotopic (exact) mass is 301 g/mol. The molecule has 1 aliphatic carbocycles. The van der Waals surface area contributed by atoms with Crippen molar-refractivity contribution in [1.82, 2.24) is 9.55 Å². The highest BCUT2D eigenvalue weighted by atomic mass is 16.4. The van der Waals surface area contributed by atoms with Crippen LogP contribution in [0.3, 0.4) is 0 Å². The van der Waals surface area contributed by atoms with E-state index in [0.717, 1.165) is 0 Å². The molecule has 22 heavy (non-hydrogen) atoms. The SMILES string of the molecule is O=C([O-])C1CCC(Cn2c(=O)[nH]c3ccccc3c2=O)CC1. The summed E-state index contributed by atoms with van der Waals surface area (Å²) in [6, 6.07) is 6.92. The summed E-state index contributed by atoms with van der Waals surface area (Å²) < 4.78 is 1.23. The maximum atomic E-state index is 12.4. The summed E-state index contributed by atoms with van der Waals surface area (Å²) in [5, 5.41) is 11.3. The number of carboxylic acid groups (broad SMARTS) is 1. The molecular weight excluding hydrogens is 284 g/mol. The zero-order valence-electron chi connectivity index (χ0n) is 12.1. The first-order valence-corrected chi connectivity index (χ1v) is 7.49. The number of rotatable bonds is 3. The largest absolute Gasteiger partial charge is 0.550 e. The second-order valence-electron chi connectivity index (χ2n) is 5.93. The molecule has 0 unspecified atom stereocenters. The molecule has 0 atom stereocenters. The Morgan fingerprint density at radius 3 is 2.55 bits per heavy atom. The summed E-state index contributed by atoms with van der Waals surface area (Å²) >= 11 is 0. The van der Waals surface area contributed by atoms with Gasteiger partial charge in [-0.2, -0.15) is 0 Å². The van der Waals surface area contributed by atoms with E-state index in [1.165, 1.54) is 4.57 Å². The molecule has 1 saturated carbocycles. The highest BCUT2D eigenvalue weighted by Gasteiger charge is 2.23. The molecule has 0 saturated heterocycles. The first-order chi connectivity index (χ1) is 10.6. The van der Waals surface area contributed by atoms with Crippen LogP contribution in [0.25, 0.3) is 10.9 Å². The van der Waals surface area contributed by atoms with E-state index in [1.54, 1.807) is 24.3 Å². The van der Waals surface area contributed by atoms with Crippen molar-refractivity contribution in [1.29, 1.82) is 0 Å². The fraction of sp³-hybridized carbons (Fsp3) is 0.438. The molecule has 0 spiro atoms. The number of benzene rings is 1. The second-order valence-corrected chi connectivity index (χ2v) is 5.93. The summed E-state index contributed by atoms with van der Waals surface area (Å²) in [5.41, 5.74) is -0.165. The van der Waals surface area contributed by atoms with Crippen molar-refractivity contribution < 1.29 is 9.90 Å². The minimum Gasteiger partial charge on any atom is -0.550 e. The average molecular weight is 301 g/mol. The predicted molar refractivity (Wildman–Crippen MR) is 79.3 cm³/mol. The number of nitrogens with one attached hydrogen (secondary N) is 1. The standard InChI is InChI=1S/C16H18N2O4/c19-14-12-3-1-2-4-13(12)17-16(22)18(14)9-10-5-7-11(8-6-10)15(20)21/h1-4,10-11H,5-9H2,(H,17,22)(H,20,21)/p-1. The van der Waals surface area contributed by atoms with E-state index in [1.807, 2.05) is 0 Å². The smallest absolute Gasteiger partial charge is 0.328 e. The summed E-state index contributed by atoms with van der Waals surface area (Å²) in [4.78, 5) is 38.1. The normalized spacial score (nSPS) is 21.8. The number of carbonyl (C=O) groups is 1. The van der Waals surface area contributed by atoms with Crippen LogP contribution in [-0.4, -0.2) is 15.5 Å². The number of nitrogens with zero attached hydrogens (tertiary/aromatic N) is 1. The van der Waals surface area contributed by atoms with Crippen molar-refractivity contribution in [3.8, 4) is 0 Å². The third kappa shape index (κ3) is 2.68. The summed E-state index contributed by atoms with van der Waals surface area (Å²) in [6.45, 7) is 0.332. The van der Waals surface area contributed by atoms with Crippen LogP contribution in [-0.2, 0) is 11.3 Å². The maximum absolute atomic E-state index is 12.4. The third-order valence-corrected chi connectivity index (χ3v) is 4.51. The Hall–Kier alpha value is -2.37. The van der Waals surface area contributed by atoms with Crippen LogP contribution in [0.5, 0.6) is 0 Å². The van der Waals surface area contributed by atoms with Gasteiger partial charge in [-0.05, 0) is 49.7 Å².